The van der Waals surface area contributed by atoms with Crippen LogP contribution >= 0.6 is 11.3 Å². The quantitative estimate of drug-likeness (QED) is 0.787. The largest absolute Gasteiger partial charge is 0.353 e. The van der Waals surface area contributed by atoms with Gasteiger partial charge in [-0.1, -0.05) is 69.4 Å². The predicted molar refractivity (Wildman–Crippen MR) is 90.7 cm³/mol. The average molecular weight is 303 g/mol. The smallest absolute Gasteiger partial charge is 0.206 e. The van der Waals surface area contributed by atoms with Gasteiger partial charge in [0.05, 0.1) is 6.04 Å². The number of benzene rings is 1. The maximum Gasteiger partial charge on any atom is 0.206 e. The molecule has 21 heavy (non-hydrogen) atoms. The van der Waals surface area contributed by atoms with Crippen LogP contribution in [0.5, 0.6) is 0 Å². The zero-order valence-corrected chi connectivity index (χ0v) is 14.2. The van der Waals surface area contributed by atoms with E-state index in [4.69, 9.17) is 0 Å². The summed E-state index contributed by atoms with van der Waals surface area (Å²) < 4.78 is 0. The Morgan fingerprint density at radius 1 is 1.00 bits per heavy atom. The van der Waals surface area contributed by atoms with Gasteiger partial charge in [0.25, 0.3) is 0 Å². The molecule has 0 aliphatic carbocycles. The summed E-state index contributed by atoms with van der Waals surface area (Å²) in [5.74, 6) is 1.25. The molecule has 0 aliphatic rings. The second kappa shape index (κ2) is 7.55. The van der Waals surface area contributed by atoms with Gasteiger partial charge in [-0.05, 0) is 23.8 Å². The van der Waals surface area contributed by atoms with Crippen molar-refractivity contribution in [2.24, 2.45) is 11.8 Å². The second-order valence-corrected chi connectivity index (χ2v) is 7.40. The van der Waals surface area contributed by atoms with Crippen LogP contribution in [0.4, 0.5) is 5.13 Å². The van der Waals surface area contributed by atoms with Crippen molar-refractivity contribution >= 4 is 16.5 Å². The molecule has 2 aromatic rings. The molecule has 3 nitrogen and oxygen atoms in total. The second-order valence-electron chi connectivity index (χ2n) is 6.34. The third kappa shape index (κ3) is 5.12. The average Bonchev–Trinajstić information content (AvgIpc) is 2.85. The van der Waals surface area contributed by atoms with Crippen LogP contribution in [0, 0.1) is 11.8 Å². The van der Waals surface area contributed by atoms with E-state index in [0.717, 1.165) is 23.0 Å². The van der Waals surface area contributed by atoms with E-state index in [1.54, 1.807) is 11.3 Å². The first-order valence-electron chi connectivity index (χ1n) is 7.68. The van der Waals surface area contributed by atoms with Crippen LogP contribution < -0.4 is 5.32 Å². The standard InChI is InChI=1S/C17H25N3S/c1-12(2)10-15(14-8-6-5-7-9-14)18-17-20-19-16(21-17)11-13(3)4/h5-9,12-13,15H,10-11H2,1-4H3,(H,18,20). The molecule has 0 bridgehead atoms. The lowest BCUT2D eigenvalue weighted by Crippen LogP contribution is -2.13. The molecular weight excluding hydrogens is 278 g/mol. The van der Waals surface area contributed by atoms with Crippen LogP contribution in [0.1, 0.15) is 50.7 Å². The molecule has 1 aromatic carbocycles. The zero-order valence-electron chi connectivity index (χ0n) is 13.3. The molecule has 0 spiro atoms. The van der Waals surface area contributed by atoms with Gasteiger partial charge in [0, 0.05) is 6.42 Å². The number of hydrogen-bond acceptors (Lipinski definition) is 4. The van der Waals surface area contributed by atoms with Crippen molar-refractivity contribution in [2.45, 2.75) is 46.6 Å². The van der Waals surface area contributed by atoms with Gasteiger partial charge in [-0.25, -0.2) is 0 Å². The van der Waals surface area contributed by atoms with Gasteiger partial charge < -0.3 is 5.32 Å². The van der Waals surface area contributed by atoms with Crippen molar-refractivity contribution in [3.05, 3.63) is 40.9 Å². The van der Waals surface area contributed by atoms with Gasteiger partial charge in [0.15, 0.2) is 0 Å². The number of hydrogen-bond donors (Lipinski definition) is 1. The number of anilines is 1. The highest BCUT2D eigenvalue weighted by Crippen LogP contribution is 2.28. The lowest BCUT2D eigenvalue weighted by molar-refractivity contribution is 0.530. The van der Waals surface area contributed by atoms with Gasteiger partial charge in [-0.3, -0.25) is 0 Å². The zero-order chi connectivity index (χ0) is 15.2. The number of rotatable bonds is 7. The van der Waals surface area contributed by atoms with E-state index in [9.17, 15) is 0 Å². The first-order chi connectivity index (χ1) is 10.0. The fourth-order valence-electron chi connectivity index (χ4n) is 2.33. The van der Waals surface area contributed by atoms with Crippen molar-refractivity contribution in [1.82, 2.24) is 10.2 Å². The molecular formula is C17H25N3S. The minimum absolute atomic E-state index is 0.297. The van der Waals surface area contributed by atoms with Crippen molar-refractivity contribution in [2.75, 3.05) is 5.32 Å². The Bertz CT molecular complexity index is 534. The monoisotopic (exact) mass is 303 g/mol. The number of aromatic nitrogens is 2. The highest BCUT2D eigenvalue weighted by Gasteiger charge is 2.15. The van der Waals surface area contributed by atoms with Crippen LogP contribution in [0.15, 0.2) is 30.3 Å². The fourth-order valence-corrected chi connectivity index (χ4v) is 3.33. The molecule has 1 atom stereocenters. The summed E-state index contributed by atoms with van der Waals surface area (Å²) in [5, 5.41) is 14.2. The summed E-state index contributed by atoms with van der Waals surface area (Å²) in [6.45, 7) is 8.92. The Morgan fingerprint density at radius 3 is 2.33 bits per heavy atom. The summed E-state index contributed by atoms with van der Waals surface area (Å²) >= 11 is 1.68. The predicted octanol–water partition coefficient (Wildman–Crippen LogP) is 4.94. The maximum absolute atomic E-state index is 4.30. The molecule has 0 amide bonds. The van der Waals surface area contributed by atoms with E-state index in [0.29, 0.717) is 17.9 Å². The molecule has 0 aliphatic heterocycles. The van der Waals surface area contributed by atoms with Crippen molar-refractivity contribution in [3.63, 3.8) is 0 Å². The normalized spacial score (nSPS) is 12.9. The summed E-state index contributed by atoms with van der Waals surface area (Å²) in [4.78, 5) is 0. The SMILES string of the molecule is CC(C)Cc1nnc(NC(CC(C)C)c2ccccc2)s1. The van der Waals surface area contributed by atoms with Gasteiger partial charge in [0.1, 0.15) is 5.01 Å². The van der Waals surface area contributed by atoms with E-state index < -0.39 is 0 Å². The molecule has 0 radical (unpaired) electrons. The Hall–Kier alpha value is -1.42. The van der Waals surface area contributed by atoms with E-state index >= 15 is 0 Å². The lowest BCUT2D eigenvalue weighted by Gasteiger charge is -2.20. The molecule has 114 valence electrons. The maximum atomic E-state index is 4.30. The van der Waals surface area contributed by atoms with Crippen LogP contribution in [0.25, 0.3) is 0 Å². The van der Waals surface area contributed by atoms with Gasteiger partial charge in [-0.2, -0.15) is 0 Å². The summed E-state index contributed by atoms with van der Waals surface area (Å²) in [6.07, 6.45) is 2.09. The van der Waals surface area contributed by atoms with E-state index in [-0.39, 0.29) is 0 Å². The molecule has 1 N–H and O–H groups in total. The molecule has 0 saturated carbocycles. The Balaban J connectivity index is 2.10. The Labute approximate surface area is 131 Å². The molecule has 1 heterocycles. The minimum Gasteiger partial charge on any atom is -0.353 e. The van der Waals surface area contributed by atoms with Crippen molar-refractivity contribution in [1.29, 1.82) is 0 Å². The van der Waals surface area contributed by atoms with Gasteiger partial charge in [-0.15, -0.1) is 10.2 Å². The number of nitrogens with zero attached hydrogens (tertiary/aromatic N) is 2. The van der Waals surface area contributed by atoms with Crippen LogP contribution in [0.2, 0.25) is 0 Å². The van der Waals surface area contributed by atoms with Gasteiger partial charge >= 0.3 is 0 Å². The molecule has 2 rings (SSSR count). The summed E-state index contributed by atoms with van der Waals surface area (Å²) in [6, 6.07) is 10.9. The first kappa shape index (κ1) is 16.0. The molecule has 0 saturated heterocycles. The van der Waals surface area contributed by atoms with Crippen molar-refractivity contribution < 1.29 is 0 Å². The van der Waals surface area contributed by atoms with E-state index in [1.165, 1.54) is 5.56 Å². The summed E-state index contributed by atoms with van der Waals surface area (Å²) in [7, 11) is 0. The number of nitrogens with one attached hydrogen (secondary N) is 1. The molecule has 1 aromatic heterocycles. The molecule has 4 heteroatoms. The Kier molecular flexibility index (Phi) is 5.74. The van der Waals surface area contributed by atoms with E-state index in [1.807, 2.05) is 0 Å². The topological polar surface area (TPSA) is 37.8 Å². The third-order valence-electron chi connectivity index (χ3n) is 3.26. The Morgan fingerprint density at radius 2 is 1.71 bits per heavy atom. The first-order valence-corrected chi connectivity index (χ1v) is 8.50. The van der Waals surface area contributed by atoms with Crippen LogP contribution in [0.3, 0.4) is 0 Å². The van der Waals surface area contributed by atoms with Crippen molar-refractivity contribution in [3.8, 4) is 0 Å². The lowest BCUT2D eigenvalue weighted by atomic mass is 9.97. The molecule has 0 fully saturated rings. The third-order valence-corrected chi connectivity index (χ3v) is 4.13. The van der Waals surface area contributed by atoms with E-state index in [2.05, 4.69) is 73.5 Å². The van der Waals surface area contributed by atoms with Crippen LogP contribution in [-0.2, 0) is 6.42 Å². The highest BCUT2D eigenvalue weighted by atomic mass is 32.1. The fraction of sp³-hybridized carbons (Fsp3) is 0.529. The minimum atomic E-state index is 0.297. The summed E-state index contributed by atoms with van der Waals surface area (Å²) in [5.41, 5.74) is 1.31. The van der Waals surface area contributed by atoms with Crippen LogP contribution in [-0.4, -0.2) is 10.2 Å². The molecule has 1 unspecified atom stereocenters. The van der Waals surface area contributed by atoms with Gasteiger partial charge in [0.2, 0.25) is 5.13 Å². The highest BCUT2D eigenvalue weighted by molar-refractivity contribution is 7.15.